The third-order valence-electron chi connectivity index (χ3n) is 1.72. The number of ether oxygens (including phenoxy) is 1. The average molecular weight is 227 g/mol. The number of benzene rings is 1. The van der Waals surface area contributed by atoms with Crippen LogP contribution in [-0.4, -0.2) is 7.11 Å². The zero-order valence-electron chi connectivity index (χ0n) is 7.01. The number of hydrogen-bond acceptors (Lipinski definition) is 1. The largest absolute Gasteiger partial charge is 0.496 e. The minimum absolute atomic E-state index is 0.825. The maximum atomic E-state index is 5.19. The second-order valence-corrected chi connectivity index (χ2v) is 2.93. The smallest absolute Gasteiger partial charge is 0.126 e. The first-order valence-corrected chi connectivity index (χ1v) is 4.80. The summed E-state index contributed by atoms with van der Waals surface area (Å²) >= 11 is 3.41. The molecule has 0 saturated heterocycles. The van der Waals surface area contributed by atoms with E-state index in [4.69, 9.17) is 4.74 Å². The van der Waals surface area contributed by atoms with Crippen molar-refractivity contribution >= 4 is 22.0 Å². The molecule has 0 fully saturated rings. The molecule has 0 bridgehead atoms. The number of rotatable bonds is 3. The van der Waals surface area contributed by atoms with Gasteiger partial charge >= 0.3 is 0 Å². The first-order valence-electron chi connectivity index (χ1n) is 3.67. The maximum Gasteiger partial charge on any atom is 0.126 e. The summed E-state index contributed by atoms with van der Waals surface area (Å²) in [5, 5.41) is 0.825. The van der Waals surface area contributed by atoms with Crippen LogP contribution in [0.1, 0.15) is 11.1 Å². The van der Waals surface area contributed by atoms with Gasteiger partial charge in [-0.1, -0.05) is 40.7 Å². The van der Waals surface area contributed by atoms with Crippen LogP contribution in [-0.2, 0) is 5.33 Å². The Balaban J connectivity index is 3.21. The van der Waals surface area contributed by atoms with Crippen LogP contribution in [0.5, 0.6) is 5.75 Å². The van der Waals surface area contributed by atoms with E-state index in [0.717, 1.165) is 16.6 Å². The van der Waals surface area contributed by atoms with Crippen LogP contribution < -0.4 is 4.74 Å². The van der Waals surface area contributed by atoms with Crippen LogP contribution in [0, 0.1) is 0 Å². The quantitative estimate of drug-likeness (QED) is 0.720. The molecule has 0 atom stereocenters. The molecule has 2 heteroatoms. The van der Waals surface area contributed by atoms with E-state index in [1.54, 1.807) is 7.11 Å². The summed E-state index contributed by atoms with van der Waals surface area (Å²) < 4.78 is 5.19. The number of methoxy groups -OCH3 is 1. The molecule has 0 heterocycles. The lowest BCUT2D eigenvalue weighted by molar-refractivity contribution is 0.413. The monoisotopic (exact) mass is 226 g/mol. The standard InChI is InChI=1S/C10H11BrO/c1-3-9-8(7-11)5-4-6-10(9)12-2/h3-6H,1,7H2,2H3. The summed E-state index contributed by atoms with van der Waals surface area (Å²) in [6.45, 7) is 3.75. The summed E-state index contributed by atoms with van der Waals surface area (Å²) in [6, 6.07) is 5.96. The summed E-state index contributed by atoms with van der Waals surface area (Å²) in [6.07, 6.45) is 1.81. The summed E-state index contributed by atoms with van der Waals surface area (Å²) in [5.41, 5.74) is 2.27. The lowest BCUT2D eigenvalue weighted by Crippen LogP contribution is -1.90. The lowest BCUT2D eigenvalue weighted by atomic mass is 10.1. The molecule has 1 nitrogen and oxygen atoms in total. The van der Waals surface area contributed by atoms with Gasteiger partial charge in [-0.15, -0.1) is 0 Å². The highest BCUT2D eigenvalue weighted by molar-refractivity contribution is 9.08. The second-order valence-electron chi connectivity index (χ2n) is 2.37. The van der Waals surface area contributed by atoms with E-state index in [1.807, 2.05) is 24.3 Å². The summed E-state index contributed by atoms with van der Waals surface area (Å²) in [7, 11) is 1.67. The zero-order chi connectivity index (χ0) is 8.97. The second kappa shape index (κ2) is 4.31. The molecule has 0 unspecified atom stereocenters. The third-order valence-corrected chi connectivity index (χ3v) is 2.33. The molecule has 1 rings (SSSR count). The van der Waals surface area contributed by atoms with Gasteiger partial charge < -0.3 is 4.74 Å². The van der Waals surface area contributed by atoms with E-state index in [9.17, 15) is 0 Å². The van der Waals surface area contributed by atoms with Crippen LogP contribution in [0.25, 0.3) is 6.08 Å². The van der Waals surface area contributed by atoms with Gasteiger partial charge in [0.15, 0.2) is 0 Å². The lowest BCUT2D eigenvalue weighted by Gasteiger charge is -2.07. The van der Waals surface area contributed by atoms with Crippen molar-refractivity contribution in [1.29, 1.82) is 0 Å². The molecule has 1 aromatic rings. The van der Waals surface area contributed by atoms with E-state index in [0.29, 0.717) is 0 Å². The Bertz CT molecular complexity index is 259. The molecule has 64 valence electrons. The van der Waals surface area contributed by atoms with Gasteiger partial charge in [-0.05, 0) is 11.6 Å². The molecule has 0 aliphatic carbocycles. The van der Waals surface area contributed by atoms with Crippen molar-refractivity contribution in [3.8, 4) is 5.75 Å². The Hall–Kier alpha value is -0.760. The van der Waals surface area contributed by atoms with Gasteiger partial charge in [0.2, 0.25) is 0 Å². The fourth-order valence-corrected chi connectivity index (χ4v) is 1.60. The van der Waals surface area contributed by atoms with E-state index >= 15 is 0 Å². The Morgan fingerprint density at radius 3 is 2.83 bits per heavy atom. The number of alkyl halides is 1. The van der Waals surface area contributed by atoms with Gasteiger partial charge in [-0.25, -0.2) is 0 Å². The van der Waals surface area contributed by atoms with E-state index in [-0.39, 0.29) is 0 Å². The Kier molecular flexibility index (Phi) is 3.35. The van der Waals surface area contributed by atoms with Crippen molar-refractivity contribution in [3.63, 3.8) is 0 Å². The first-order chi connectivity index (χ1) is 5.83. The molecule has 0 aliphatic rings. The number of hydrogen-bond donors (Lipinski definition) is 0. The minimum Gasteiger partial charge on any atom is -0.496 e. The Morgan fingerprint density at radius 1 is 1.58 bits per heavy atom. The molecule has 1 aromatic carbocycles. The molecule has 0 saturated carbocycles. The van der Waals surface area contributed by atoms with Gasteiger partial charge in [0.1, 0.15) is 5.75 Å². The van der Waals surface area contributed by atoms with Gasteiger partial charge in [-0.2, -0.15) is 0 Å². The predicted molar refractivity (Wildman–Crippen MR) is 55.7 cm³/mol. The molecule has 0 aliphatic heterocycles. The van der Waals surface area contributed by atoms with Gasteiger partial charge in [0.05, 0.1) is 7.11 Å². The fourth-order valence-electron chi connectivity index (χ4n) is 1.12. The minimum atomic E-state index is 0.825. The molecular weight excluding hydrogens is 216 g/mol. The van der Waals surface area contributed by atoms with Crippen molar-refractivity contribution < 1.29 is 4.74 Å². The van der Waals surface area contributed by atoms with Crippen molar-refractivity contribution in [2.24, 2.45) is 0 Å². The SMILES string of the molecule is C=Cc1c(CBr)cccc1OC. The highest BCUT2D eigenvalue weighted by Gasteiger charge is 2.02. The van der Waals surface area contributed by atoms with Crippen molar-refractivity contribution in [1.82, 2.24) is 0 Å². The normalized spacial score (nSPS) is 9.50. The molecule has 0 aromatic heterocycles. The van der Waals surface area contributed by atoms with Crippen molar-refractivity contribution in [2.75, 3.05) is 7.11 Å². The van der Waals surface area contributed by atoms with E-state index in [1.165, 1.54) is 5.56 Å². The molecular formula is C10H11BrO. The van der Waals surface area contributed by atoms with Crippen LogP contribution in [0.15, 0.2) is 24.8 Å². The third kappa shape index (κ3) is 1.69. The highest BCUT2D eigenvalue weighted by Crippen LogP contribution is 2.24. The number of halogens is 1. The van der Waals surface area contributed by atoms with Crippen LogP contribution >= 0.6 is 15.9 Å². The van der Waals surface area contributed by atoms with Crippen molar-refractivity contribution in [3.05, 3.63) is 35.9 Å². The van der Waals surface area contributed by atoms with Gasteiger partial charge in [-0.3, -0.25) is 0 Å². The summed E-state index contributed by atoms with van der Waals surface area (Å²) in [4.78, 5) is 0. The van der Waals surface area contributed by atoms with Crippen molar-refractivity contribution in [2.45, 2.75) is 5.33 Å². The maximum absolute atomic E-state index is 5.19. The average Bonchev–Trinajstić information content (AvgIpc) is 2.16. The van der Waals surface area contributed by atoms with Crippen LogP contribution in [0.4, 0.5) is 0 Å². The molecule has 0 radical (unpaired) electrons. The zero-order valence-corrected chi connectivity index (χ0v) is 8.60. The van der Waals surface area contributed by atoms with E-state index in [2.05, 4.69) is 22.5 Å². The van der Waals surface area contributed by atoms with Gasteiger partial charge in [0, 0.05) is 10.9 Å². The van der Waals surface area contributed by atoms with E-state index < -0.39 is 0 Å². The predicted octanol–water partition coefficient (Wildman–Crippen LogP) is 3.23. The van der Waals surface area contributed by atoms with Crippen LogP contribution in [0.3, 0.4) is 0 Å². The highest BCUT2D eigenvalue weighted by atomic mass is 79.9. The summed E-state index contributed by atoms with van der Waals surface area (Å²) in [5.74, 6) is 0.877. The Morgan fingerprint density at radius 2 is 2.33 bits per heavy atom. The molecule has 12 heavy (non-hydrogen) atoms. The molecule has 0 N–H and O–H groups in total. The molecule has 0 amide bonds. The van der Waals surface area contributed by atoms with Gasteiger partial charge in [0.25, 0.3) is 0 Å². The molecule has 0 spiro atoms. The first kappa shape index (κ1) is 9.33. The topological polar surface area (TPSA) is 9.23 Å². The fraction of sp³-hybridized carbons (Fsp3) is 0.200. The Labute approximate surface area is 81.2 Å². The van der Waals surface area contributed by atoms with Crippen LogP contribution in [0.2, 0.25) is 0 Å².